The van der Waals surface area contributed by atoms with Crippen LogP contribution < -0.4 is 5.32 Å². The minimum Gasteiger partial charge on any atom is -0.350 e. The smallest absolute Gasteiger partial charge is 0.254 e. The quantitative estimate of drug-likeness (QED) is 0.635. The molecule has 4 nitrogen and oxygen atoms in total. The molecule has 6 rings (SSSR count). The molecule has 0 atom stereocenters. The SMILES string of the molecule is O=C(CSc1ccccc1C(=O)N1CCCCCCC1)NC12CC3CC(CC(C3)C1)C2. The largest absolute Gasteiger partial charge is 0.350 e. The predicted octanol–water partition coefficient (Wildman–Crippen LogP) is 5.27. The molecule has 168 valence electrons. The van der Waals surface area contributed by atoms with Crippen LogP contribution in [-0.2, 0) is 4.79 Å². The molecule has 0 spiro atoms. The normalized spacial score (nSPS) is 32.4. The Morgan fingerprint density at radius 1 is 0.903 bits per heavy atom. The van der Waals surface area contributed by atoms with Crippen LogP contribution in [0.4, 0.5) is 0 Å². The number of likely N-dealkylation sites (tertiary alicyclic amines) is 1. The number of carbonyl (C=O) groups excluding carboxylic acids is 2. The van der Waals surface area contributed by atoms with Crippen molar-refractivity contribution in [2.75, 3.05) is 18.8 Å². The second kappa shape index (κ2) is 9.17. The van der Waals surface area contributed by atoms with Crippen LogP contribution in [0, 0.1) is 17.8 Å². The van der Waals surface area contributed by atoms with E-state index in [9.17, 15) is 9.59 Å². The van der Waals surface area contributed by atoms with Crippen molar-refractivity contribution in [2.45, 2.75) is 81.1 Å². The van der Waals surface area contributed by atoms with E-state index in [-0.39, 0.29) is 17.4 Å². The fourth-order valence-corrected chi connectivity index (χ4v) is 7.97. The minimum absolute atomic E-state index is 0.0618. The molecule has 0 aromatic heterocycles. The average Bonchev–Trinajstić information content (AvgIpc) is 2.70. The monoisotopic (exact) mass is 440 g/mol. The summed E-state index contributed by atoms with van der Waals surface area (Å²) in [5.41, 5.74) is 0.822. The average molecular weight is 441 g/mol. The van der Waals surface area contributed by atoms with Gasteiger partial charge in [0.15, 0.2) is 0 Å². The maximum absolute atomic E-state index is 13.2. The first-order chi connectivity index (χ1) is 15.1. The van der Waals surface area contributed by atoms with Gasteiger partial charge in [-0.3, -0.25) is 9.59 Å². The molecule has 1 saturated heterocycles. The predicted molar refractivity (Wildman–Crippen MR) is 125 cm³/mol. The van der Waals surface area contributed by atoms with Crippen molar-refractivity contribution in [3.05, 3.63) is 29.8 Å². The molecule has 1 aromatic carbocycles. The van der Waals surface area contributed by atoms with Gasteiger partial charge >= 0.3 is 0 Å². The van der Waals surface area contributed by atoms with Gasteiger partial charge < -0.3 is 10.2 Å². The highest BCUT2D eigenvalue weighted by Gasteiger charge is 2.51. The van der Waals surface area contributed by atoms with Crippen LogP contribution in [0.5, 0.6) is 0 Å². The van der Waals surface area contributed by atoms with E-state index in [1.807, 2.05) is 29.2 Å². The number of nitrogens with one attached hydrogen (secondary N) is 1. The molecular weight excluding hydrogens is 404 g/mol. The van der Waals surface area contributed by atoms with Gasteiger partial charge in [-0.1, -0.05) is 31.4 Å². The Morgan fingerprint density at radius 3 is 2.13 bits per heavy atom. The van der Waals surface area contributed by atoms with Gasteiger partial charge in [-0.15, -0.1) is 11.8 Å². The van der Waals surface area contributed by atoms with Crippen molar-refractivity contribution >= 4 is 23.6 Å². The molecule has 0 radical (unpaired) electrons. The van der Waals surface area contributed by atoms with Crippen LogP contribution >= 0.6 is 11.8 Å². The molecule has 1 aliphatic heterocycles. The number of amides is 2. The van der Waals surface area contributed by atoms with Gasteiger partial charge in [-0.05, 0) is 81.3 Å². The van der Waals surface area contributed by atoms with E-state index in [1.165, 1.54) is 69.5 Å². The summed E-state index contributed by atoms with van der Waals surface area (Å²) in [6, 6.07) is 7.85. The molecule has 1 heterocycles. The van der Waals surface area contributed by atoms with Crippen molar-refractivity contribution in [3.63, 3.8) is 0 Å². The van der Waals surface area contributed by atoms with Crippen LogP contribution in [-0.4, -0.2) is 41.1 Å². The third kappa shape index (κ3) is 4.81. The molecular formula is C26H36N2O2S. The Kier molecular flexibility index (Phi) is 6.32. The molecule has 31 heavy (non-hydrogen) atoms. The molecule has 4 aliphatic carbocycles. The second-order valence-corrected chi connectivity index (χ2v) is 11.6. The standard InChI is InChI=1S/C26H36N2O2S/c29-24(27-26-15-19-12-20(16-26)14-21(13-19)17-26)18-31-23-9-5-4-8-22(23)25(30)28-10-6-2-1-3-7-11-28/h4-5,8-9,19-21H,1-3,6-7,10-18H2,(H,27,29). The number of benzene rings is 1. The van der Waals surface area contributed by atoms with E-state index < -0.39 is 0 Å². The van der Waals surface area contributed by atoms with Gasteiger partial charge in [0.2, 0.25) is 5.91 Å². The van der Waals surface area contributed by atoms with Crippen molar-refractivity contribution in [1.82, 2.24) is 10.2 Å². The van der Waals surface area contributed by atoms with Crippen molar-refractivity contribution in [1.29, 1.82) is 0 Å². The lowest BCUT2D eigenvalue weighted by molar-refractivity contribution is -0.124. The van der Waals surface area contributed by atoms with Crippen molar-refractivity contribution in [2.24, 2.45) is 17.8 Å². The van der Waals surface area contributed by atoms with Gasteiger partial charge in [0.1, 0.15) is 0 Å². The summed E-state index contributed by atoms with van der Waals surface area (Å²) in [6.07, 6.45) is 13.6. The van der Waals surface area contributed by atoms with E-state index in [0.29, 0.717) is 5.75 Å². The van der Waals surface area contributed by atoms with Crippen molar-refractivity contribution in [3.8, 4) is 0 Å². The zero-order valence-corrected chi connectivity index (χ0v) is 19.4. The first-order valence-corrected chi connectivity index (χ1v) is 13.4. The molecule has 0 unspecified atom stereocenters. The molecule has 4 bridgehead atoms. The summed E-state index contributed by atoms with van der Waals surface area (Å²) in [4.78, 5) is 29.1. The lowest BCUT2D eigenvalue weighted by atomic mass is 9.53. The highest BCUT2D eigenvalue weighted by atomic mass is 32.2. The third-order valence-electron chi connectivity index (χ3n) is 8.06. The third-order valence-corrected chi connectivity index (χ3v) is 9.14. The first-order valence-electron chi connectivity index (χ1n) is 12.4. The summed E-state index contributed by atoms with van der Waals surface area (Å²) in [7, 11) is 0. The fourth-order valence-electron chi connectivity index (χ4n) is 7.13. The number of hydrogen-bond donors (Lipinski definition) is 1. The van der Waals surface area contributed by atoms with Crippen LogP contribution in [0.25, 0.3) is 0 Å². The molecule has 5 heteroatoms. The lowest BCUT2D eigenvalue weighted by Crippen LogP contribution is -2.60. The summed E-state index contributed by atoms with van der Waals surface area (Å²) in [5, 5.41) is 3.47. The van der Waals surface area contributed by atoms with E-state index in [2.05, 4.69) is 5.32 Å². The maximum Gasteiger partial charge on any atom is 0.254 e. The Morgan fingerprint density at radius 2 is 1.48 bits per heavy atom. The lowest BCUT2D eigenvalue weighted by Gasteiger charge is -2.56. The van der Waals surface area contributed by atoms with Gasteiger partial charge in [0, 0.05) is 23.5 Å². The molecule has 2 amide bonds. The van der Waals surface area contributed by atoms with Gasteiger partial charge in [-0.25, -0.2) is 0 Å². The summed E-state index contributed by atoms with van der Waals surface area (Å²) in [5.74, 6) is 3.15. The summed E-state index contributed by atoms with van der Waals surface area (Å²) >= 11 is 1.53. The zero-order valence-electron chi connectivity index (χ0n) is 18.6. The van der Waals surface area contributed by atoms with Crippen LogP contribution in [0.15, 0.2) is 29.2 Å². The van der Waals surface area contributed by atoms with Crippen LogP contribution in [0.3, 0.4) is 0 Å². The first kappa shape index (κ1) is 21.4. The molecule has 5 fully saturated rings. The topological polar surface area (TPSA) is 49.4 Å². The molecule has 1 N–H and O–H groups in total. The van der Waals surface area contributed by atoms with Crippen LogP contribution in [0.1, 0.15) is 81.0 Å². The number of hydrogen-bond acceptors (Lipinski definition) is 3. The Balaban J connectivity index is 1.21. The number of thioether (sulfide) groups is 1. The Bertz CT molecular complexity index is 780. The molecule has 4 saturated carbocycles. The van der Waals surface area contributed by atoms with Gasteiger partial charge in [0.05, 0.1) is 11.3 Å². The maximum atomic E-state index is 13.2. The zero-order chi connectivity index (χ0) is 21.3. The number of carbonyl (C=O) groups is 2. The second-order valence-electron chi connectivity index (χ2n) is 10.6. The van der Waals surface area contributed by atoms with Gasteiger partial charge in [0.25, 0.3) is 5.91 Å². The van der Waals surface area contributed by atoms with E-state index in [4.69, 9.17) is 0 Å². The van der Waals surface area contributed by atoms with Crippen molar-refractivity contribution < 1.29 is 9.59 Å². The summed E-state index contributed by atoms with van der Waals surface area (Å²) in [6.45, 7) is 1.70. The number of rotatable bonds is 5. The minimum atomic E-state index is 0.0618. The highest BCUT2D eigenvalue weighted by molar-refractivity contribution is 8.00. The summed E-state index contributed by atoms with van der Waals surface area (Å²) < 4.78 is 0. The highest BCUT2D eigenvalue weighted by Crippen LogP contribution is 2.55. The van der Waals surface area contributed by atoms with E-state index in [0.717, 1.165) is 54.1 Å². The molecule has 1 aromatic rings. The van der Waals surface area contributed by atoms with E-state index >= 15 is 0 Å². The number of nitrogens with zero attached hydrogens (tertiary/aromatic N) is 1. The molecule has 5 aliphatic rings. The fraction of sp³-hybridized carbons (Fsp3) is 0.692. The Labute approximate surface area is 190 Å². The van der Waals surface area contributed by atoms with E-state index in [1.54, 1.807) is 0 Å². The Hall–Kier alpha value is -1.49. The van der Waals surface area contributed by atoms with Crippen LogP contribution in [0.2, 0.25) is 0 Å². The van der Waals surface area contributed by atoms with Gasteiger partial charge in [-0.2, -0.15) is 0 Å².